The Labute approximate surface area is 357 Å². The van der Waals surface area contributed by atoms with Crippen molar-refractivity contribution < 1.29 is 58.1 Å². The number of ether oxygens (including phenoxy) is 4. The van der Waals surface area contributed by atoms with Gasteiger partial charge in [-0.25, -0.2) is 0 Å². The Morgan fingerprint density at radius 2 is 1.68 bits per heavy atom. The maximum atomic E-state index is 13.2. The Bertz CT molecular complexity index is 2060. The molecule has 2 heterocycles. The highest BCUT2D eigenvalue weighted by Gasteiger charge is 2.48. The molecule has 2 aliphatic rings. The molecule has 3 aromatic rings. The highest BCUT2D eigenvalue weighted by molar-refractivity contribution is 5.92. The molecule has 1 saturated heterocycles. The molecule has 7 unspecified atom stereocenters. The van der Waals surface area contributed by atoms with E-state index in [2.05, 4.69) is 26.6 Å². The van der Waals surface area contributed by atoms with Crippen molar-refractivity contribution in [3.63, 3.8) is 0 Å². The number of carbonyl (C=O) groups is 5. The Hall–Kier alpha value is -6.03. The highest BCUT2D eigenvalue weighted by atomic mass is 16.7. The number of hydrogen-bond donors (Lipinski definition) is 8. The lowest BCUT2D eigenvalue weighted by Crippen LogP contribution is -2.66. The van der Waals surface area contributed by atoms with E-state index in [1.165, 1.54) is 26.8 Å². The summed E-state index contributed by atoms with van der Waals surface area (Å²) in [7, 11) is 0. The number of esters is 1. The van der Waals surface area contributed by atoms with Crippen molar-refractivity contribution in [2.24, 2.45) is 5.73 Å². The summed E-state index contributed by atoms with van der Waals surface area (Å²) in [4.78, 5) is 74.8. The number of aliphatic hydroxyl groups is 2. The number of rotatable bonds is 21. The lowest BCUT2D eigenvalue weighted by molar-refractivity contribution is -0.385. The number of nitrogens with one attached hydrogen (secondary N) is 5. The number of aliphatic hydroxyl groups excluding tert-OH is 2. The summed E-state index contributed by atoms with van der Waals surface area (Å²) < 4.78 is 23.0. The van der Waals surface area contributed by atoms with Crippen LogP contribution in [0.2, 0.25) is 0 Å². The third-order valence-corrected chi connectivity index (χ3v) is 10.3. The molecule has 0 spiro atoms. The third-order valence-electron chi connectivity index (χ3n) is 10.3. The van der Waals surface area contributed by atoms with Crippen molar-refractivity contribution in [1.82, 2.24) is 21.3 Å². The second kappa shape index (κ2) is 22.2. The Balaban J connectivity index is 1.08. The van der Waals surface area contributed by atoms with E-state index in [0.29, 0.717) is 24.2 Å². The summed E-state index contributed by atoms with van der Waals surface area (Å²) in [6.07, 6.45) is -6.65. The third kappa shape index (κ3) is 12.3. The number of benzene rings is 3. The summed E-state index contributed by atoms with van der Waals surface area (Å²) in [6.45, 7) is 3.69. The van der Waals surface area contributed by atoms with Gasteiger partial charge in [0.2, 0.25) is 23.6 Å². The number of fused-ring (bicyclic) bond motifs is 2. The van der Waals surface area contributed by atoms with Gasteiger partial charge in [0.25, 0.3) is 5.69 Å². The molecule has 62 heavy (non-hydrogen) atoms. The first kappa shape index (κ1) is 47.0. The topological polar surface area (TPSA) is 292 Å². The number of carbonyl (C=O) groups excluding carboxylic acids is 5. The number of anilines is 2. The molecule has 4 amide bonds. The first-order valence-electron chi connectivity index (χ1n) is 20.1. The zero-order chi connectivity index (χ0) is 44.9. The molecule has 0 bridgehead atoms. The van der Waals surface area contributed by atoms with Gasteiger partial charge in [-0.1, -0.05) is 54.6 Å². The van der Waals surface area contributed by atoms with Crippen LogP contribution in [0.25, 0.3) is 0 Å². The summed E-state index contributed by atoms with van der Waals surface area (Å²) in [5.41, 5.74) is 9.00. The van der Waals surface area contributed by atoms with Crippen molar-refractivity contribution in [3.05, 3.63) is 99.6 Å². The molecular weight excluding hydrogens is 810 g/mol. The predicted octanol–water partition coefficient (Wildman–Crippen LogP) is 1.09. The summed E-state index contributed by atoms with van der Waals surface area (Å²) in [6, 6.07) is 17.2. The monoisotopic (exact) mass is 863 g/mol. The minimum Gasteiger partial charge on any atom is -0.466 e. The van der Waals surface area contributed by atoms with Gasteiger partial charge >= 0.3 is 5.97 Å². The van der Waals surface area contributed by atoms with E-state index in [9.17, 15) is 44.3 Å². The van der Waals surface area contributed by atoms with Gasteiger partial charge in [-0.2, -0.15) is 0 Å². The number of nitrogens with zero attached hydrogens (tertiary/aromatic N) is 1. The van der Waals surface area contributed by atoms with Gasteiger partial charge in [-0.3, -0.25) is 34.1 Å². The molecule has 0 aromatic heterocycles. The van der Waals surface area contributed by atoms with Crippen LogP contribution in [0.15, 0.2) is 72.8 Å². The van der Waals surface area contributed by atoms with Crippen molar-refractivity contribution in [3.8, 4) is 0 Å². The van der Waals surface area contributed by atoms with Gasteiger partial charge in [0.15, 0.2) is 6.29 Å². The molecule has 9 atom stereocenters. The van der Waals surface area contributed by atoms with Gasteiger partial charge in [0.1, 0.15) is 42.5 Å². The van der Waals surface area contributed by atoms with E-state index >= 15 is 0 Å². The van der Waals surface area contributed by atoms with Gasteiger partial charge in [0.05, 0.1) is 42.0 Å². The molecule has 9 N–H and O–H groups in total. The van der Waals surface area contributed by atoms with E-state index < -0.39 is 96.0 Å². The minimum absolute atomic E-state index is 0.00238. The molecule has 20 nitrogen and oxygen atoms in total. The molecule has 3 aromatic carbocycles. The molecule has 334 valence electrons. The molecule has 5 rings (SSSR count). The molecule has 0 saturated carbocycles. The average Bonchev–Trinajstić information content (AvgIpc) is 3.25. The van der Waals surface area contributed by atoms with E-state index in [1.54, 1.807) is 12.1 Å². The number of nitro groups is 1. The van der Waals surface area contributed by atoms with Gasteiger partial charge < -0.3 is 61.5 Å². The quantitative estimate of drug-likeness (QED) is 0.0322. The van der Waals surface area contributed by atoms with Crippen LogP contribution in [0.5, 0.6) is 0 Å². The molecule has 2 aliphatic heterocycles. The van der Waals surface area contributed by atoms with Crippen LogP contribution in [-0.4, -0.2) is 113 Å². The first-order valence-corrected chi connectivity index (χ1v) is 20.1. The number of nitro benzene ring substituents is 1. The fourth-order valence-corrected chi connectivity index (χ4v) is 7.13. The number of nitrogens with two attached hydrogens (primary N) is 1. The fourth-order valence-electron chi connectivity index (χ4n) is 7.13. The fraction of sp³-hybridized carbons (Fsp3) is 0.452. The van der Waals surface area contributed by atoms with Crippen molar-refractivity contribution in [1.29, 1.82) is 0 Å². The Morgan fingerprint density at radius 3 is 2.37 bits per heavy atom. The lowest BCUT2D eigenvalue weighted by atomic mass is 9.90. The largest absolute Gasteiger partial charge is 0.466 e. The molecule has 0 radical (unpaired) electrons. The maximum absolute atomic E-state index is 13.2. The van der Waals surface area contributed by atoms with E-state index in [1.807, 2.05) is 54.6 Å². The van der Waals surface area contributed by atoms with E-state index in [4.69, 9.17) is 24.7 Å². The predicted molar refractivity (Wildman–Crippen MR) is 221 cm³/mol. The van der Waals surface area contributed by atoms with Crippen LogP contribution in [0.4, 0.5) is 17.1 Å². The van der Waals surface area contributed by atoms with Crippen molar-refractivity contribution in [2.45, 2.75) is 102 Å². The van der Waals surface area contributed by atoms with Crippen LogP contribution < -0.4 is 32.3 Å². The van der Waals surface area contributed by atoms with Crippen molar-refractivity contribution >= 4 is 46.7 Å². The zero-order valence-electron chi connectivity index (χ0n) is 34.5. The smallest absolute Gasteiger partial charge is 0.305 e. The van der Waals surface area contributed by atoms with Crippen LogP contribution in [-0.2, 0) is 49.5 Å². The normalized spacial score (nSPS) is 21.7. The van der Waals surface area contributed by atoms with Gasteiger partial charge in [0, 0.05) is 25.1 Å². The minimum atomic E-state index is -1.51. The SMILES string of the molecule is CC(=O)NC1C(OCc2ccccc2)OC(CO)C(O)C1OC(C)C(=O)N[C@H](C)C(=O)N[C@@H](CCC(=O)OCCCNC1c2ccccc2Nc2cccc([N+](=O)[O-])c21)C(N)=O. The van der Waals surface area contributed by atoms with E-state index in [-0.39, 0.29) is 31.7 Å². The average molecular weight is 864 g/mol. The van der Waals surface area contributed by atoms with Crippen LogP contribution in [0.1, 0.15) is 62.8 Å². The molecule has 0 aliphatic carbocycles. The van der Waals surface area contributed by atoms with Gasteiger partial charge in [-0.15, -0.1) is 0 Å². The van der Waals surface area contributed by atoms with E-state index in [0.717, 1.165) is 16.8 Å². The van der Waals surface area contributed by atoms with Crippen molar-refractivity contribution in [2.75, 3.05) is 25.1 Å². The molecule has 20 heteroatoms. The molecule has 1 fully saturated rings. The first-order chi connectivity index (χ1) is 29.7. The maximum Gasteiger partial charge on any atom is 0.305 e. The van der Waals surface area contributed by atoms with Crippen LogP contribution >= 0.6 is 0 Å². The Morgan fingerprint density at radius 1 is 0.968 bits per heavy atom. The number of hydrogen-bond acceptors (Lipinski definition) is 15. The second-order valence-electron chi connectivity index (χ2n) is 14.9. The number of para-hydroxylation sites is 1. The van der Waals surface area contributed by atoms with Crippen LogP contribution in [0.3, 0.4) is 0 Å². The standard InChI is InChI=1S/C42H53N7O13/c1-23(45-41(56)24(2)61-38-36(46-25(3)51)42(62-32(21-50)37(38)53)60-22-26-11-5-4-6-12-26)40(55)48-30(39(43)54)17-18-33(52)59-20-10-19-44-35-27-13-7-8-14-28(27)47-29-15-9-16-31(34(29)35)49(57)58/h4-9,11-16,23-24,30,32,35-38,42,44,47,50,53H,10,17-22H2,1-3H3,(H2,43,54)(H,45,56)(H,46,51)(H,48,55)/t23-,24?,30+,32?,35?,36?,37?,38?,42?/m1/s1. The van der Waals surface area contributed by atoms with Crippen LogP contribution in [0, 0.1) is 10.1 Å². The zero-order valence-corrected chi connectivity index (χ0v) is 34.5. The lowest BCUT2D eigenvalue weighted by Gasteiger charge is -2.44. The molecular formula is C42H53N7O13. The number of primary amides is 1. The Kier molecular flexibility index (Phi) is 16.8. The summed E-state index contributed by atoms with van der Waals surface area (Å²) in [5.74, 6) is -3.69. The summed E-state index contributed by atoms with van der Waals surface area (Å²) >= 11 is 0. The second-order valence-corrected chi connectivity index (χ2v) is 14.9. The van der Waals surface area contributed by atoms with Gasteiger partial charge in [-0.05, 0) is 56.5 Å². The highest BCUT2D eigenvalue weighted by Crippen LogP contribution is 2.43. The summed E-state index contributed by atoms with van der Waals surface area (Å²) in [5, 5.41) is 47.0. The number of amides is 4.